The highest BCUT2D eigenvalue weighted by Crippen LogP contribution is 2.27. The van der Waals surface area contributed by atoms with Crippen molar-refractivity contribution in [1.82, 2.24) is 4.90 Å². The zero-order chi connectivity index (χ0) is 17.7. The highest BCUT2D eigenvalue weighted by molar-refractivity contribution is 14.1. The van der Waals surface area contributed by atoms with Gasteiger partial charge in [0.15, 0.2) is 6.04 Å². The number of carboxylic acids is 1. The number of hydrogen-bond donors (Lipinski definition) is 2. The van der Waals surface area contributed by atoms with Crippen molar-refractivity contribution in [2.75, 3.05) is 7.05 Å². The molecule has 0 bridgehead atoms. The van der Waals surface area contributed by atoms with E-state index in [0.717, 1.165) is 10.5 Å². The summed E-state index contributed by atoms with van der Waals surface area (Å²) in [6, 6.07) is 12.3. The van der Waals surface area contributed by atoms with Gasteiger partial charge < -0.3 is 14.9 Å². The van der Waals surface area contributed by atoms with Crippen LogP contribution in [0.3, 0.4) is 0 Å². The molecule has 0 radical (unpaired) electrons. The molecule has 7 heteroatoms. The molecule has 2 aromatic rings. The summed E-state index contributed by atoms with van der Waals surface area (Å²) in [5.74, 6) is -1.13. The summed E-state index contributed by atoms with van der Waals surface area (Å²) in [5.41, 5.74) is 1.19. The Hall–Kier alpha value is -2.29. The molecule has 0 heterocycles. The summed E-state index contributed by atoms with van der Waals surface area (Å²) >= 11 is 1.89. The largest absolute Gasteiger partial charge is 0.507 e. The van der Waals surface area contributed by atoms with Gasteiger partial charge >= 0.3 is 12.1 Å². The van der Waals surface area contributed by atoms with Crippen LogP contribution in [0.2, 0.25) is 0 Å². The normalized spacial score (nSPS) is 11.6. The van der Waals surface area contributed by atoms with E-state index in [1.807, 2.05) is 52.9 Å². The number of ether oxygens (including phenoxy) is 1. The summed E-state index contributed by atoms with van der Waals surface area (Å²) in [7, 11) is 1.37. The summed E-state index contributed by atoms with van der Waals surface area (Å²) in [4.78, 5) is 24.8. The Morgan fingerprint density at radius 2 is 1.88 bits per heavy atom. The number of aromatic hydroxyl groups is 1. The molecule has 1 atom stereocenters. The van der Waals surface area contributed by atoms with E-state index >= 15 is 0 Å². The van der Waals surface area contributed by atoms with E-state index < -0.39 is 18.1 Å². The molecular formula is C17H16INO5. The van der Waals surface area contributed by atoms with Crippen molar-refractivity contribution in [2.45, 2.75) is 12.6 Å². The maximum Gasteiger partial charge on any atom is 0.410 e. The number of nitrogens with zero attached hydrogens (tertiary/aromatic N) is 1. The summed E-state index contributed by atoms with van der Waals surface area (Å²) in [6.45, 7) is 0.0590. The average Bonchev–Trinajstić information content (AvgIpc) is 2.56. The Labute approximate surface area is 152 Å². The number of hydrogen-bond acceptors (Lipinski definition) is 4. The van der Waals surface area contributed by atoms with Crippen LogP contribution in [0.1, 0.15) is 17.2 Å². The van der Waals surface area contributed by atoms with Gasteiger partial charge in [-0.1, -0.05) is 36.4 Å². The lowest BCUT2D eigenvalue weighted by molar-refractivity contribution is -0.142. The number of carboxylic acid groups (broad SMARTS) is 1. The number of aliphatic carboxylic acids is 1. The van der Waals surface area contributed by atoms with E-state index in [9.17, 15) is 19.8 Å². The van der Waals surface area contributed by atoms with Gasteiger partial charge in [-0.3, -0.25) is 4.90 Å². The number of carbonyl (C=O) groups excluding carboxylic acids is 1. The van der Waals surface area contributed by atoms with Crippen molar-refractivity contribution < 1.29 is 24.5 Å². The van der Waals surface area contributed by atoms with Crippen molar-refractivity contribution in [3.05, 3.63) is 63.2 Å². The highest BCUT2D eigenvalue weighted by Gasteiger charge is 2.29. The summed E-state index contributed by atoms with van der Waals surface area (Å²) < 4.78 is 5.67. The molecule has 0 saturated heterocycles. The van der Waals surface area contributed by atoms with E-state index in [1.165, 1.54) is 25.2 Å². The van der Waals surface area contributed by atoms with Crippen molar-refractivity contribution in [3.63, 3.8) is 0 Å². The Morgan fingerprint density at radius 1 is 1.21 bits per heavy atom. The first kappa shape index (κ1) is 18.1. The molecule has 2 N–H and O–H groups in total. The Morgan fingerprint density at radius 3 is 2.46 bits per heavy atom. The standard InChI is InChI=1S/C17H16INO5/c1-19(17(23)24-10-11-5-3-2-4-6-11)15(16(21)22)12-7-8-14(20)13(18)9-12/h2-9,15,20H,10H2,1H3,(H,21,22)/t15-/m0/s1. The number of likely N-dealkylation sites (N-methyl/N-ethyl adjacent to an activating group) is 1. The number of amides is 1. The first-order chi connectivity index (χ1) is 11.4. The highest BCUT2D eigenvalue weighted by atomic mass is 127. The van der Waals surface area contributed by atoms with Crippen LogP contribution in [0.5, 0.6) is 5.75 Å². The molecule has 0 aliphatic rings. The maximum atomic E-state index is 12.2. The smallest absolute Gasteiger partial charge is 0.410 e. The number of carbonyl (C=O) groups is 2. The third kappa shape index (κ3) is 4.38. The first-order valence-electron chi connectivity index (χ1n) is 7.05. The molecule has 0 spiro atoms. The van der Waals surface area contributed by atoms with Gasteiger partial charge in [-0.05, 0) is 45.9 Å². The van der Waals surface area contributed by atoms with E-state index in [1.54, 1.807) is 0 Å². The fourth-order valence-corrected chi connectivity index (χ4v) is 2.69. The zero-order valence-electron chi connectivity index (χ0n) is 12.8. The molecule has 0 aliphatic heterocycles. The Bertz CT molecular complexity index is 735. The third-order valence-electron chi connectivity index (χ3n) is 3.40. The van der Waals surface area contributed by atoms with Gasteiger partial charge in [-0.2, -0.15) is 0 Å². The predicted molar refractivity (Wildman–Crippen MR) is 95.6 cm³/mol. The minimum atomic E-state index is -1.21. The van der Waals surface area contributed by atoms with Gasteiger partial charge in [0.1, 0.15) is 12.4 Å². The van der Waals surface area contributed by atoms with Gasteiger partial charge in [0, 0.05) is 7.05 Å². The fraction of sp³-hybridized carbons (Fsp3) is 0.176. The van der Waals surface area contributed by atoms with Crippen molar-refractivity contribution in [2.24, 2.45) is 0 Å². The van der Waals surface area contributed by atoms with Crippen molar-refractivity contribution in [3.8, 4) is 5.75 Å². The lowest BCUT2D eigenvalue weighted by atomic mass is 10.1. The SMILES string of the molecule is CN(C(=O)OCc1ccccc1)[C@H](C(=O)O)c1ccc(O)c(I)c1. The Balaban J connectivity index is 2.13. The lowest BCUT2D eigenvalue weighted by Gasteiger charge is -2.24. The first-order valence-corrected chi connectivity index (χ1v) is 8.12. The van der Waals surface area contributed by atoms with E-state index in [4.69, 9.17) is 4.74 Å². The molecule has 24 heavy (non-hydrogen) atoms. The number of rotatable bonds is 5. The number of benzene rings is 2. The average molecular weight is 441 g/mol. The molecule has 1 amide bonds. The summed E-state index contributed by atoms with van der Waals surface area (Å²) in [6.07, 6.45) is -0.741. The molecule has 6 nitrogen and oxygen atoms in total. The van der Waals surface area contributed by atoms with Crippen LogP contribution in [0, 0.1) is 3.57 Å². The fourth-order valence-electron chi connectivity index (χ4n) is 2.15. The molecule has 0 aromatic heterocycles. The van der Waals surface area contributed by atoms with Crippen molar-refractivity contribution in [1.29, 1.82) is 0 Å². The van der Waals surface area contributed by atoms with E-state index in [2.05, 4.69) is 0 Å². The van der Waals surface area contributed by atoms with Crippen molar-refractivity contribution >= 4 is 34.7 Å². The molecule has 2 aromatic carbocycles. The predicted octanol–water partition coefficient (Wildman–Crippen LogP) is 3.39. The number of phenols is 1. The van der Waals surface area contributed by atoms with E-state index in [-0.39, 0.29) is 12.4 Å². The van der Waals surface area contributed by atoms with Crippen LogP contribution >= 0.6 is 22.6 Å². The molecule has 2 rings (SSSR count). The van der Waals surface area contributed by atoms with Crippen LogP contribution in [0.4, 0.5) is 4.79 Å². The molecule has 0 aliphatic carbocycles. The van der Waals surface area contributed by atoms with Gasteiger partial charge in [-0.15, -0.1) is 0 Å². The zero-order valence-corrected chi connectivity index (χ0v) is 15.0. The third-order valence-corrected chi connectivity index (χ3v) is 4.27. The minimum Gasteiger partial charge on any atom is -0.507 e. The molecular weight excluding hydrogens is 425 g/mol. The van der Waals surface area contributed by atoms with Crippen LogP contribution in [-0.2, 0) is 16.1 Å². The number of halogens is 1. The van der Waals surface area contributed by atoms with Gasteiger partial charge in [0.2, 0.25) is 0 Å². The lowest BCUT2D eigenvalue weighted by Crippen LogP contribution is -2.36. The maximum absolute atomic E-state index is 12.2. The number of phenolic OH excluding ortho intramolecular Hbond substituents is 1. The molecule has 0 unspecified atom stereocenters. The second kappa shape index (κ2) is 8.00. The van der Waals surface area contributed by atoms with Gasteiger partial charge in [-0.25, -0.2) is 9.59 Å². The monoisotopic (exact) mass is 441 g/mol. The minimum absolute atomic E-state index is 0.0535. The molecule has 0 saturated carbocycles. The van der Waals surface area contributed by atoms with Gasteiger partial charge in [0.25, 0.3) is 0 Å². The van der Waals surface area contributed by atoms with E-state index in [0.29, 0.717) is 9.13 Å². The summed E-state index contributed by atoms with van der Waals surface area (Å²) in [5, 5.41) is 19.0. The van der Waals surface area contributed by atoms with Crippen LogP contribution in [0.15, 0.2) is 48.5 Å². The Kier molecular flexibility index (Phi) is 6.02. The van der Waals surface area contributed by atoms with Crippen LogP contribution in [-0.4, -0.2) is 34.2 Å². The quantitative estimate of drug-likeness (QED) is 0.695. The van der Waals surface area contributed by atoms with Crippen LogP contribution < -0.4 is 0 Å². The molecule has 126 valence electrons. The van der Waals surface area contributed by atoms with Crippen LogP contribution in [0.25, 0.3) is 0 Å². The molecule has 0 fully saturated rings. The van der Waals surface area contributed by atoms with Gasteiger partial charge in [0.05, 0.1) is 3.57 Å². The topological polar surface area (TPSA) is 87.1 Å². The second-order valence-corrected chi connectivity index (χ2v) is 6.26. The second-order valence-electron chi connectivity index (χ2n) is 5.10.